The lowest BCUT2D eigenvalue weighted by atomic mass is 9.85. The summed E-state index contributed by atoms with van der Waals surface area (Å²) in [4.78, 5) is 87.6. The predicted octanol–water partition coefficient (Wildman–Crippen LogP) is 7.98. The molecular weight excluding hydrogens is 1020 g/mol. The number of hydrogen-bond acceptors (Lipinski definition) is 13. The molecule has 78 heavy (non-hydrogen) atoms. The lowest BCUT2D eigenvalue weighted by Crippen LogP contribution is -2.57. The summed E-state index contributed by atoms with van der Waals surface area (Å²) in [5.41, 5.74) is 5.25. The van der Waals surface area contributed by atoms with Crippen LogP contribution in [0.25, 0.3) is 16.1 Å². The summed E-state index contributed by atoms with van der Waals surface area (Å²) in [6.45, 7) is 9.56. The van der Waals surface area contributed by atoms with Crippen molar-refractivity contribution >= 4 is 63.8 Å². The number of rotatable bonds is 19. The van der Waals surface area contributed by atoms with Crippen LogP contribution in [-0.2, 0) is 25.7 Å². The maximum absolute atomic E-state index is 14.8. The number of aryl methyl sites for hydroxylation is 1. The van der Waals surface area contributed by atoms with Crippen molar-refractivity contribution in [3.8, 4) is 10.4 Å². The van der Waals surface area contributed by atoms with Crippen LogP contribution in [0, 0.1) is 24.0 Å². The van der Waals surface area contributed by atoms with Crippen LogP contribution in [0.15, 0.2) is 84.6 Å². The van der Waals surface area contributed by atoms with Crippen molar-refractivity contribution in [3.05, 3.63) is 119 Å². The number of fused-ring (bicyclic) bond motifs is 1. The zero-order valence-corrected chi connectivity index (χ0v) is 45.3. The van der Waals surface area contributed by atoms with E-state index in [0.29, 0.717) is 81.1 Å². The average Bonchev–Trinajstić information content (AvgIpc) is 4.30. The Morgan fingerprint density at radius 2 is 1.67 bits per heavy atom. The maximum Gasteiger partial charge on any atom is 0.274 e. The molecule has 4 aromatic heterocycles. The first-order valence-electron chi connectivity index (χ1n) is 26.9. The average molecular weight is 1090 g/mol. The van der Waals surface area contributed by atoms with Crippen LogP contribution in [0.4, 0.5) is 26.1 Å². The molecule has 0 saturated carbocycles. The Bertz CT molecular complexity index is 3120. The Morgan fingerprint density at radius 3 is 2.41 bits per heavy atom. The second-order valence-corrected chi connectivity index (χ2v) is 22.5. The molecule has 3 aliphatic rings. The first-order chi connectivity index (χ1) is 37.5. The third-order valence-corrected chi connectivity index (χ3v) is 15.9. The maximum atomic E-state index is 14.8. The predicted molar refractivity (Wildman–Crippen MR) is 293 cm³/mol. The number of likely N-dealkylation sites (tertiary alicyclic amines) is 2. The number of hydrogen-bond donors (Lipinski definition) is 5. The lowest BCUT2D eigenvalue weighted by molar-refractivity contribution is -0.144. The summed E-state index contributed by atoms with van der Waals surface area (Å²) in [5, 5.41) is 27.2. The third-order valence-electron chi connectivity index (χ3n) is 14.9. The van der Waals surface area contributed by atoms with Gasteiger partial charge in [0.2, 0.25) is 23.6 Å². The summed E-state index contributed by atoms with van der Waals surface area (Å²) in [6, 6.07) is 16.1. The number of thiazole rings is 1. The molecule has 5 amide bonds. The van der Waals surface area contributed by atoms with E-state index < -0.39 is 53.1 Å². The van der Waals surface area contributed by atoms with Crippen molar-refractivity contribution in [3.63, 3.8) is 0 Å². The molecule has 3 aliphatic heterocycles. The van der Waals surface area contributed by atoms with Gasteiger partial charge < -0.3 is 41.1 Å². The number of unbranched alkanes of at least 4 members (excludes halogenated alkanes) is 3. The van der Waals surface area contributed by atoms with Crippen LogP contribution in [-0.4, -0.2) is 119 Å². The Hall–Kier alpha value is -7.39. The second-order valence-electron chi connectivity index (χ2n) is 21.6. The van der Waals surface area contributed by atoms with Gasteiger partial charge in [-0.05, 0) is 98.4 Å². The van der Waals surface area contributed by atoms with Gasteiger partial charge in [0, 0.05) is 69.8 Å². The number of anilines is 3. The zero-order valence-electron chi connectivity index (χ0n) is 44.5. The number of halogens is 2. The van der Waals surface area contributed by atoms with E-state index in [1.807, 2.05) is 67.3 Å². The van der Waals surface area contributed by atoms with Crippen LogP contribution in [0.5, 0.6) is 0 Å². The highest BCUT2D eigenvalue weighted by Gasteiger charge is 2.44. The van der Waals surface area contributed by atoms with E-state index in [-0.39, 0.29) is 61.0 Å². The van der Waals surface area contributed by atoms with Crippen molar-refractivity contribution < 1.29 is 37.9 Å². The summed E-state index contributed by atoms with van der Waals surface area (Å²) in [7, 11) is 0. The summed E-state index contributed by atoms with van der Waals surface area (Å²) in [6.07, 6.45) is 8.64. The third kappa shape index (κ3) is 13.3. The normalized spacial score (nSPS) is 18.3. The number of carbonyl (C=O) groups excluding carboxylic acids is 5. The number of aromatic nitrogens is 5. The lowest BCUT2D eigenvalue weighted by Gasteiger charge is -2.35. The van der Waals surface area contributed by atoms with E-state index in [1.165, 1.54) is 21.7 Å². The highest BCUT2D eigenvalue weighted by atomic mass is 32.1. The molecule has 3 fully saturated rings. The van der Waals surface area contributed by atoms with Crippen molar-refractivity contribution in [2.75, 3.05) is 41.7 Å². The van der Waals surface area contributed by atoms with Gasteiger partial charge >= 0.3 is 0 Å². The summed E-state index contributed by atoms with van der Waals surface area (Å²) >= 11 is 1.57. The number of amides is 5. The minimum Gasteiger partial charge on any atom is -0.391 e. The number of pyridine rings is 1. The smallest absolute Gasteiger partial charge is 0.274 e. The number of nitrogens with one attached hydrogen (secondary N) is 4. The molecule has 0 radical (unpaired) electrons. The largest absolute Gasteiger partial charge is 0.391 e. The van der Waals surface area contributed by atoms with Crippen molar-refractivity contribution in [1.82, 2.24) is 45.0 Å². The fraction of sp³-hybridized carbons (Fsp3) is 0.456. The second kappa shape index (κ2) is 24.5. The topological polar surface area (TPSA) is 219 Å². The first kappa shape index (κ1) is 55.4. The van der Waals surface area contributed by atoms with Crippen LogP contribution >= 0.6 is 11.3 Å². The minimum atomic E-state index is -0.913. The van der Waals surface area contributed by atoms with E-state index in [1.54, 1.807) is 41.8 Å². The molecule has 6 aromatic rings. The van der Waals surface area contributed by atoms with Crippen LogP contribution in [0.3, 0.4) is 0 Å². The van der Waals surface area contributed by atoms with Crippen LogP contribution in [0.1, 0.15) is 125 Å². The summed E-state index contributed by atoms with van der Waals surface area (Å²) < 4.78 is 30.5. The molecule has 1 unspecified atom stereocenters. The SMILES string of the molecule is Cc1ncsc1-c1ccc(CNC(=O)[C@@H]2C[C@@H](O)CN2C(=O)C(NC(=O)CCCCCCC(=O)N2CCC(Nc3cccc(C(=O)Nc4cnn5ccc(N6CCC[C@@H]6c6cc(F)ccc6F)nc45)n3)CC2)C(C)(C)C)cc1. The number of nitrogens with zero attached hydrogens (tertiary/aromatic N) is 8. The van der Waals surface area contributed by atoms with Gasteiger partial charge in [-0.1, -0.05) is 63.9 Å². The van der Waals surface area contributed by atoms with Crippen molar-refractivity contribution in [1.29, 1.82) is 0 Å². The van der Waals surface area contributed by atoms with Gasteiger partial charge in [-0.3, -0.25) is 24.0 Å². The Labute approximate surface area is 456 Å². The molecule has 412 valence electrons. The molecule has 5 N–H and O–H groups in total. The number of piperidine rings is 1. The molecule has 7 heterocycles. The Kier molecular flexibility index (Phi) is 17.4. The fourth-order valence-electron chi connectivity index (χ4n) is 10.6. The quantitative estimate of drug-likeness (QED) is 0.0488. The molecule has 4 atom stereocenters. The molecule has 2 aromatic carbocycles. The van der Waals surface area contributed by atoms with Crippen molar-refractivity contribution in [2.24, 2.45) is 5.41 Å². The minimum absolute atomic E-state index is 0.00588. The van der Waals surface area contributed by atoms with Gasteiger partial charge in [-0.15, -0.1) is 11.3 Å². The van der Waals surface area contributed by atoms with Gasteiger partial charge in [0.1, 0.15) is 46.7 Å². The van der Waals surface area contributed by atoms with E-state index in [0.717, 1.165) is 53.1 Å². The molecule has 0 spiro atoms. The molecule has 21 heteroatoms. The van der Waals surface area contributed by atoms with Gasteiger partial charge in [-0.25, -0.2) is 28.2 Å². The van der Waals surface area contributed by atoms with Gasteiger partial charge in [0.15, 0.2) is 5.65 Å². The standard InChI is InChI=1S/C57H68F2N12O6S/c1-35-51(78-34-61-35)37-18-16-36(17-19-37)31-60-55(76)46-30-40(72)33-70(46)56(77)52(57(2,3)4)67-49(73)14-7-5-6-8-15-50(74)68-26-22-39(23-27-68)63-47-13-9-11-43(64-47)54(75)65-44-32-62-71-28-24-48(66-53(44)71)69-25-10-12-45(69)41-29-38(58)20-21-42(41)59/h9,11,13,16-21,24,28-29,32,34,39-40,45-46,52,72H,5-8,10,12,14-15,22-23,25-27,30-31,33H2,1-4H3,(H,60,76)(H,63,64)(H,65,75)(H,67,73)/t40-,45-,46+,52?/m1/s1. The zero-order chi connectivity index (χ0) is 55.1. The van der Waals surface area contributed by atoms with E-state index in [2.05, 4.69) is 36.3 Å². The van der Waals surface area contributed by atoms with E-state index in [4.69, 9.17) is 4.98 Å². The monoisotopic (exact) mass is 1090 g/mol. The molecule has 0 aliphatic carbocycles. The van der Waals surface area contributed by atoms with E-state index >= 15 is 0 Å². The molecule has 0 bridgehead atoms. The fourth-order valence-corrected chi connectivity index (χ4v) is 11.5. The van der Waals surface area contributed by atoms with Gasteiger partial charge in [-0.2, -0.15) is 5.10 Å². The Balaban J connectivity index is 0.677. The van der Waals surface area contributed by atoms with Crippen molar-refractivity contribution in [2.45, 2.75) is 135 Å². The molecule has 9 rings (SSSR count). The van der Waals surface area contributed by atoms with Crippen LogP contribution in [0.2, 0.25) is 0 Å². The summed E-state index contributed by atoms with van der Waals surface area (Å²) in [5.74, 6) is -1.31. The number of carbonyl (C=O) groups is 5. The highest BCUT2D eigenvalue weighted by molar-refractivity contribution is 7.13. The van der Waals surface area contributed by atoms with Gasteiger partial charge in [0.05, 0.1) is 34.4 Å². The van der Waals surface area contributed by atoms with Crippen LogP contribution < -0.4 is 26.2 Å². The number of β-amino-alcohol motifs (C(OH)–C–C–N with tert-alkyl or cyclic N) is 1. The molecule has 18 nitrogen and oxygen atoms in total. The van der Waals surface area contributed by atoms with Gasteiger partial charge in [0.25, 0.3) is 5.91 Å². The molecule has 3 saturated heterocycles. The number of benzene rings is 2. The number of aliphatic hydroxyl groups excluding tert-OH is 1. The molecular formula is C57H68F2N12O6S. The first-order valence-corrected chi connectivity index (χ1v) is 27.8. The highest BCUT2D eigenvalue weighted by Crippen LogP contribution is 2.37. The Morgan fingerprint density at radius 1 is 0.897 bits per heavy atom. The number of aliphatic hydroxyl groups is 1. The van der Waals surface area contributed by atoms with E-state index in [9.17, 15) is 37.9 Å².